The van der Waals surface area contributed by atoms with Gasteiger partial charge in [0.25, 0.3) is 6.01 Å². The van der Waals surface area contributed by atoms with Gasteiger partial charge < -0.3 is 14.1 Å². The molecule has 2 heterocycles. The molecule has 1 fully saturated rings. The smallest absolute Gasteiger partial charge is 0.360 e. The van der Waals surface area contributed by atoms with Crippen molar-refractivity contribution in [1.29, 1.82) is 0 Å². The Balaban J connectivity index is 2.05. The normalized spacial score (nSPS) is 19.3. The van der Waals surface area contributed by atoms with Crippen LogP contribution in [-0.4, -0.2) is 36.4 Å². The highest BCUT2D eigenvalue weighted by atomic mass is 16.5. The second-order valence-electron chi connectivity index (χ2n) is 4.63. The molecule has 1 aromatic rings. The van der Waals surface area contributed by atoms with E-state index in [1.54, 1.807) is 13.8 Å². The van der Waals surface area contributed by atoms with Crippen molar-refractivity contribution in [1.82, 2.24) is 4.98 Å². The topological polar surface area (TPSA) is 72.6 Å². The van der Waals surface area contributed by atoms with Crippen molar-refractivity contribution in [2.45, 2.75) is 26.7 Å². The lowest BCUT2D eigenvalue weighted by atomic mass is 9.95. The number of piperidine rings is 1. The Labute approximate surface area is 111 Å². The average Bonchev–Trinajstić information content (AvgIpc) is 2.89. The van der Waals surface area contributed by atoms with Crippen molar-refractivity contribution >= 4 is 17.8 Å². The fourth-order valence-electron chi connectivity index (χ4n) is 2.19. The van der Waals surface area contributed by atoms with Gasteiger partial charge in [0.15, 0.2) is 5.69 Å². The third-order valence-corrected chi connectivity index (χ3v) is 3.24. The van der Waals surface area contributed by atoms with Gasteiger partial charge in [0.1, 0.15) is 12.0 Å². The minimum Gasteiger partial charge on any atom is -0.461 e. The van der Waals surface area contributed by atoms with Gasteiger partial charge >= 0.3 is 5.97 Å². The first kappa shape index (κ1) is 13.6. The number of carbonyl (C=O) groups excluding carboxylic acids is 2. The number of aromatic nitrogens is 1. The molecule has 104 valence electrons. The zero-order valence-corrected chi connectivity index (χ0v) is 11.2. The molecular formula is C13H18N2O4. The van der Waals surface area contributed by atoms with Crippen LogP contribution < -0.4 is 4.90 Å². The highest BCUT2D eigenvalue weighted by Crippen LogP contribution is 2.23. The number of rotatable bonds is 4. The monoisotopic (exact) mass is 266 g/mol. The van der Waals surface area contributed by atoms with Crippen molar-refractivity contribution in [3.63, 3.8) is 0 Å². The van der Waals surface area contributed by atoms with Gasteiger partial charge in [-0.3, -0.25) is 4.79 Å². The molecule has 0 spiro atoms. The van der Waals surface area contributed by atoms with E-state index >= 15 is 0 Å². The van der Waals surface area contributed by atoms with E-state index in [2.05, 4.69) is 4.98 Å². The van der Waals surface area contributed by atoms with Crippen LogP contribution in [0, 0.1) is 5.92 Å². The molecule has 1 aromatic heterocycles. The molecule has 0 saturated carbocycles. The number of oxazole rings is 1. The zero-order chi connectivity index (χ0) is 13.8. The van der Waals surface area contributed by atoms with E-state index in [-0.39, 0.29) is 17.4 Å². The number of hydrogen-bond acceptors (Lipinski definition) is 6. The zero-order valence-electron chi connectivity index (χ0n) is 11.2. The highest BCUT2D eigenvalue weighted by Gasteiger charge is 2.26. The van der Waals surface area contributed by atoms with Gasteiger partial charge in [0.2, 0.25) is 0 Å². The first-order valence-corrected chi connectivity index (χ1v) is 6.50. The molecule has 0 aliphatic carbocycles. The van der Waals surface area contributed by atoms with Crippen molar-refractivity contribution in [2.75, 3.05) is 24.6 Å². The molecule has 2 rings (SSSR count). The summed E-state index contributed by atoms with van der Waals surface area (Å²) in [7, 11) is 0. The number of ketones is 1. The molecule has 0 N–H and O–H groups in total. The van der Waals surface area contributed by atoms with Gasteiger partial charge in [0, 0.05) is 19.0 Å². The number of carbonyl (C=O) groups is 2. The van der Waals surface area contributed by atoms with Crippen LogP contribution in [0.15, 0.2) is 10.7 Å². The summed E-state index contributed by atoms with van der Waals surface area (Å²) < 4.78 is 10.2. The fraction of sp³-hybridized carbons (Fsp3) is 0.615. The lowest BCUT2D eigenvalue weighted by molar-refractivity contribution is -0.120. The summed E-state index contributed by atoms with van der Waals surface area (Å²) in [5, 5.41) is 0. The second kappa shape index (κ2) is 5.86. The first-order chi connectivity index (χ1) is 9.11. The summed E-state index contributed by atoms with van der Waals surface area (Å²) in [4.78, 5) is 28.9. The summed E-state index contributed by atoms with van der Waals surface area (Å²) in [6.45, 7) is 5.02. The summed E-state index contributed by atoms with van der Waals surface area (Å²) >= 11 is 0. The van der Waals surface area contributed by atoms with Gasteiger partial charge in [-0.1, -0.05) is 0 Å². The Morgan fingerprint density at radius 1 is 1.58 bits per heavy atom. The van der Waals surface area contributed by atoms with E-state index in [1.807, 2.05) is 4.90 Å². The molecule has 1 aliphatic heterocycles. The molecule has 1 atom stereocenters. The van der Waals surface area contributed by atoms with Crippen LogP contribution in [0.3, 0.4) is 0 Å². The van der Waals surface area contributed by atoms with Crippen LogP contribution in [0.5, 0.6) is 0 Å². The maximum absolute atomic E-state index is 11.5. The SMILES string of the molecule is CCOC(=O)c1coc(N2CCCC(C(C)=O)C2)n1. The average molecular weight is 266 g/mol. The van der Waals surface area contributed by atoms with Gasteiger partial charge in [-0.05, 0) is 26.7 Å². The molecule has 1 saturated heterocycles. The molecule has 0 bridgehead atoms. The second-order valence-corrected chi connectivity index (χ2v) is 4.63. The summed E-state index contributed by atoms with van der Waals surface area (Å²) in [5.74, 6) is -0.286. The third kappa shape index (κ3) is 3.13. The Kier molecular flexibility index (Phi) is 4.19. The van der Waals surface area contributed by atoms with Crippen LogP contribution in [0.2, 0.25) is 0 Å². The molecule has 6 heteroatoms. The highest BCUT2D eigenvalue weighted by molar-refractivity contribution is 5.87. The molecule has 0 amide bonds. The van der Waals surface area contributed by atoms with Crippen LogP contribution in [0.4, 0.5) is 6.01 Å². The van der Waals surface area contributed by atoms with Crippen molar-refractivity contribution < 1.29 is 18.7 Å². The summed E-state index contributed by atoms with van der Waals surface area (Å²) in [5.41, 5.74) is 0.168. The van der Waals surface area contributed by atoms with Gasteiger partial charge in [-0.15, -0.1) is 0 Å². The molecule has 6 nitrogen and oxygen atoms in total. The molecule has 0 radical (unpaired) electrons. The summed E-state index contributed by atoms with van der Waals surface area (Å²) in [6, 6.07) is 0.383. The molecule has 19 heavy (non-hydrogen) atoms. The van der Waals surface area contributed by atoms with E-state index in [0.717, 1.165) is 19.4 Å². The third-order valence-electron chi connectivity index (χ3n) is 3.24. The van der Waals surface area contributed by atoms with E-state index in [1.165, 1.54) is 6.26 Å². The standard InChI is InChI=1S/C13H18N2O4/c1-3-18-12(17)11-8-19-13(14-11)15-6-4-5-10(7-15)9(2)16/h8,10H,3-7H2,1-2H3. The minimum atomic E-state index is -0.488. The quantitative estimate of drug-likeness (QED) is 0.772. The largest absolute Gasteiger partial charge is 0.461 e. The van der Waals surface area contributed by atoms with Crippen LogP contribution in [0.1, 0.15) is 37.2 Å². The predicted molar refractivity (Wildman–Crippen MR) is 68.1 cm³/mol. The van der Waals surface area contributed by atoms with E-state index in [9.17, 15) is 9.59 Å². The molecule has 0 aromatic carbocycles. The number of esters is 1. The lowest BCUT2D eigenvalue weighted by Gasteiger charge is -2.30. The molecule has 1 unspecified atom stereocenters. The van der Waals surface area contributed by atoms with Crippen molar-refractivity contribution in [3.8, 4) is 0 Å². The number of anilines is 1. The van der Waals surface area contributed by atoms with Gasteiger partial charge in [-0.25, -0.2) is 4.79 Å². The van der Waals surface area contributed by atoms with Crippen LogP contribution in [-0.2, 0) is 9.53 Å². The predicted octanol–water partition coefficient (Wildman–Crippen LogP) is 1.66. The Morgan fingerprint density at radius 2 is 2.37 bits per heavy atom. The van der Waals surface area contributed by atoms with E-state index in [0.29, 0.717) is 19.2 Å². The number of hydrogen-bond donors (Lipinski definition) is 0. The van der Waals surface area contributed by atoms with Crippen LogP contribution >= 0.6 is 0 Å². The number of nitrogens with zero attached hydrogens (tertiary/aromatic N) is 2. The Morgan fingerprint density at radius 3 is 3.05 bits per heavy atom. The van der Waals surface area contributed by atoms with Crippen molar-refractivity contribution in [2.24, 2.45) is 5.92 Å². The molecule has 1 aliphatic rings. The molecular weight excluding hydrogens is 248 g/mol. The lowest BCUT2D eigenvalue weighted by Crippen LogP contribution is -2.38. The maximum atomic E-state index is 11.5. The van der Waals surface area contributed by atoms with Crippen LogP contribution in [0.25, 0.3) is 0 Å². The van der Waals surface area contributed by atoms with Crippen molar-refractivity contribution in [3.05, 3.63) is 12.0 Å². The number of Topliss-reactive ketones (excluding diaryl/α,β-unsaturated/α-hetero) is 1. The first-order valence-electron chi connectivity index (χ1n) is 6.50. The summed E-state index contributed by atoms with van der Waals surface area (Å²) in [6.07, 6.45) is 3.11. The maximum Gasteiger partial charge on any atom is 0.360 e. The van der Waals surface area contributed by atoms with Gasteiger partial charge in [-0.2, -0.15) is 4.98 Å². The Hall–Kier alpha value is -1.85. The van der Waals surface area contributed by atoms with E-state index < -0.39 is 5.97 Å². The van der Waals surface area contributed by atoms with Gasteiger partial charge in [0.05, 0.1) is 6.61 Å². The van der Waals surface area contributed by atoms with E-state index in [4.69, 9.17) is 9.15 Å². The number of ether oxygens (including phenoxy) is 1. The fourth-order valence-corrected chi connectivity index (χ4v) is 2.19. The Bertz CT molecular complexity index is 469. The minimum absolute atomic E-state index is 0.0201.